The molecular weight excluding hydrogens is 438 g/mol. The summed E-state index contributed by atoms with van der Waals surface area (Å²) in [5.74, 6) is -0.0118. The van der Waals surface area contributed by atoms with Crippen molar-refractivity contribution in [1.82, 2.24) is 14.9 Å². The summed E-state index contributed by atoms with van der Waals surface area (Å²) in [5.41, 5.74) is 2.43. The fourth-order valence-electron chi connectivity index (χ4n) is 5.40. The average Bonchev–Trinajstić information content (AvgIpc) is 2.86. The van der Waals surface area contributed by atoms with Gasteiger partial charge in [0.2, 0.25) is 21.8 Å². The molecule has 0 aromatic heterocycles. The van der Waals surface area contributed by atoms with E-state index >= 15 is 0 Å². The Balaban J connectivity index is 1.21. The molecule has 1 heterocycles. The SMILES string of the molecule is O=C(NCCNC(=O)C1CCN(S(=O)(=O)c2ccc3c(c2)CCCC3)CC1)C1CCCCC1. The largest absolute Gasteiger partial charge is 0.354 e. The van der Waals surface area contributed by atoms with E-state index in [2.05, 4.69) is 10.6 Å². The average molecular weight is 476 g/mol. The number of nitrogens with one attached hydrogen (secondary N) is 2. The van der Waals surface area contributed by atoms with E-state index in [1.54, 1.807) is 6.07 Å². The molecule has 2 fully saturated rings. The highest BCUT2D eigenvalue weighted by Crippen LogP contribution is 2.28. The number of carbonyl (C=O) groups is 2. The van der Waals surface area contributed by atoms with Crippen LogP contribution in [0.5, 0.6) is 0 Å². The minimum atomic E-state index is -3.53. The van der Waals surface area contributed by atoms with Gasteiger partial charge in [-0.2, -0.15) is 4.31 Å². The van der Waals surface area contributed by atoms with Crippen LogP contribution in [-0.2, 0) is 32.5 Å². The van der Waals surface area contributed by atoms with Crippen molar-refractivity contribution in [2.45, 2.75) is 75.5 Å². The smallest absolute Gasteiger partial charge is 0.243 e. The van der Waals surface area contributed by atoms with Gasteiger partial charge in [0.1, 0.15) is 0 Å². The van der Waals surface area contributed by atoms with Crippen LogP contribution in [0.15, 0.2) is 23.1 Å². The number of benzene rings is 1. The molecular formula is C25H37N3O4S. The molecule has 1 aliphatic heterocycles. The van der Waals surface area contributed by atoms with E-state index in [9.17, 15) is 18.0 Å². The quantitative estimate of drug-likeness (QED) is 0.593. The van der Waals surface area contributed by atoms with E-state index in [-0.39, 0.29) is 23.7 Å². The lowest BCUT2D eigenvalue weighted by Gasteiger charge is -2.31. The fraction of sp³-hybridized carbons (Fsp3) is 0.680. The van der Waals surface area contributed by atoms with Gasteiger partial charge in [0, 0.05) is 38.0 Å². The first-order valence-corrected chi connectivity index (χ1v) is 14.1. The van der Waals surface area contributed by atoms with Crippen LogP contribution in [0.25, 0.3) is 0 Å². The number of hydrogen-bond acceptors (Lipinski definition) is 4. The molecule has 0 unspecified atom stereocenters. The van der Waals surface area contributed by atoms with Gasteiger partial charge >= 0.3 is 0 Å². The van der Waals surface area contributed by atoms with Gasteiger partial charge in [0.15, 0.2) is 0 Å². The van der Waals surface area contributed by atoms with Gasteiger partial charge in [-0.3, -0.25) is 9.59 Å². The van der Waals surface area contributed by atoms with Crippen LogP contribution in [0.2, 0.25) is 0 Å². The van der Waals surface area contributed by atoms with E-state index in [1.807, 2.05) is 12.1 Å². The maximum atomic E-state index is 13.1. The molecule has 4 rings (SSSR count). The number of fused-ring (bicyclic) bond motifs is 1. The Hall–Kier alpha value is -1.93. The molecule has 1 aromatic carbocycles. The third kappa shape index (κ3) is 5.96. The monoisotopic (exact) mass is 475 g/mol. The second kappa shape index (κ2) is 11.0. The maximum Gasteiger partial charge on any atom is 0.243 e. The highest BCUT2D eigenvalue weighted by molar-refractivity contribution is 7.89. The third-order valence-corrected chi connectivity index (χ3v) is 9.38. The van der Waals surface area contributed by atoms with Crippen LogP contribution < -0.4 is 10.6 Å². The van der Waals surface area contributed by atoms with Gasteiger partial charge in [0.25, 0.3) is 0 Å². The molecule has 2 aliphatic carbocycles. The summed E-state index contributed by atoms with van der Waals surface area (Å²) in [6.45, 7) is 1.56. The Bertz CT molecular complexity index is 948. The molecule has 0 spiro atoms. The van der Waals surface area contributed by atoms with Crippen LogP contribution in [0, 0.1) is 11.8 Å². The van der Waals surface area contributed by atoms with Crippen molar-refractivity contribution in [2.75, 3.05) is 26.2 Å². The Morgan fingerprint density at radius 2 is 1.36 bits per heavy atom. The van der Waals surface area contributed by atoms with Crippen LogP contribution in [0.4, 0.5) is 0 Å². The third-order valence-electron chi connectivity index (χ3n) is 7.48. The van der Waals surface area contributed by atoms with E-state index in [4.69, 9.17) is 0 Å². The highest BCUT2D eigenvalue weighted by atomic mass is 32.2. The first-order chi connectivity index (χ1) is 15.9. The molecule has 1 aromatic rings. The molecule has 7 nitrogen and oxygen atoms in total. The van der Waals surface area contributed by atoms with Crippen molar-refractivity contribution < 1.29 is 18.0 Å². The Morgan fingerprint density at radius 1 is 0.788 bits per heavy atom. The summed E-state index contributed by atoms with van der Waals surface area (Å²) in [5, 5.41) is 5.84. The zero-order chi connectivity index (χ0) is 23.3. The van der Waals surface area contributed by atoms with Gasteiger partial charge in [-0.15, -0.1) is 0 Å². The van der Waals surface area contributed by atoms with Gasteiger partial charge in [-0.1, -0.05) is 25.3 Å². The fourth-order valence-corrected chi connectivity index (χ4v) is 6.92. The van der Waals surface area contributed by atoms with E-state index < -0.39 is 10.0 Å². The summed E-state index contributed by atoms with van der Waals surface area (Å²) < 4.78 is 27.8. The topological polar surface area (TPSA) is 95.6 Å². The van der Waals surface area contributed by atoms with E-state index in [1.165, 1.54) is 22.7 Å². The molecule has 3 aliphatic rings. The second-order valence-corrected chi connectivity index (χ2v) is 11.7. The number of piperidine rings is 1. The molecule has 2 amide bonds. The Kier molecular flexibility index (Phi) is 8.07. The summed E-state index contributed by atoms with van der Waals surface area (Å²) >= 11 is 0. The van der Waals surface area contributed by atoms with Crippen LogP contribution in [-0.4, -0.2) is 50.7 Å². The molecule has 8 heteroatoms. The van der Waals surface area contributed by atoms with Crippen molar-refractivity contribution >= 4 is 21.8 Å². The molecule has 0 radical (unpaired) electrons. The van der Waals surface area contributed by atoms with Crippen molar-refractivity contribution in [1.29, 1.82) is 0 Å². The summed E-state index contributed by atoms with van der Waals surface area (Å²) in [7, 11) is -3.53. The van der Waals surface area contributed by atoms with Gasteiger partial charge < -0.3 is 10.6 Å². The first kappa shape index (κ1) is 24.2. The second-order valence-electron chi connectivity index (χ2n) is 9.73. The van der Waals surface area contributed by atoms with Crippen molar-refractivity contribution in [3.8, 4) is 0 Å². The standard InChI is InChI=1S/C25H37N3O4S/c29-24(20-7-2-1-3-8-20)26-14-15-27-25(30)21-12-16-28(17-13-21)33(31,32)23-11-10-19-6-4-5-9-22(19)18-23/h10-11,18,20-21H,1-9,12-17H2,(H,26,29)(H,27,30). The lowest BCUT2D eigenvalue weighted by atomic mass is 9.89. The van der Waals surface area contributed by atoms with Gasteiger partial charge in [-0.25, -0.2) is 8.42 Å². The minimum absolute atomic E-state index is 0.0484. The molecule has 1 saturated carbocycles. The number of aryl methyl sites for hydroxylation is 2. The predicted molar refractivity (Wildman–Crippen MR) is 127 cm³/mol. The normalized spacial score (nSPS) is 20.7. The van der Waals surface area contributed by atoms with Crippen LogP contribution in [0.1, 0.15) is 68.9 Å². The van der Waals surface area contributed by atoms with Gasteiger partial charge in [0.05, 0.1) is 4.90 Å². The van der Waals surface area contributed by atoms with E-state index in [0.717, 1.165) is 50.5 Å². The van der Waals surface area contributed by atoms with Crippen LogP contribution in [0.3, 0.4) is 0 Å². The number of rotatable bonds is 7. The maximum absolute atomic E-state index is 13.1. The number of nitrogens with zero attached hydrogens (tertiary/aromatic N) is 1. The summed E-state index contributed by atoms with van der Waals surface area (Å²) in [6, 6.07) is 5.55. The van der Waals surface area contributed by atoms with E-state index in [0.29, 0.717) is 43.9 Å². The molecule has 2 N–H and O–H groups in total. The minimum Gasteiger partial charge on any atom is -0.354 e. The van der Waals surface area contributed by atoms with Crippen molar-refractivity contribution in [3.05, 3.63) is 29.3 Å². The molecule has 0 atom stereocenters. The number of hydrogen-bond donors (Lipinski definition) is 2. The van der Waals surface area contributed by atoms with Crippen LogP contribution >= 0.6 is 0 Å². The lowest BCUT2D eigenvalue weighted by molar-refractivity contribution is -0.127. The van der Waals surface area contributed by atoms with Gasteiger partial charge in [-0.05, 0) is 74.6 Å². The predicted octanol–water partition coefficient (Wildman–Crippen LogP) is 2.78. The van der Waals surface area contributed by atoms with Crippen molar-refractivity contribution in [2.24, 2.45) is 11.8 Å². The number of amides is 2. The zero-order valence-corrected chi connectivity index (χ0v) is 20.3. The highest BCUT2D eigenvalue weighted by Gasteiger charge is 2.32. The molecule has 182 valence electrons. The number of sulfonamides is 1. The number of carbonyl (C=O) groups excluding carboxylic acids is 2. The molecule has 1 saturated heterocycles. The molecule has 0 bridgehead atoms. The lowest BCUT2D eigenvalue weighted by Crippen LogP contribution is -2.44. The van der Waals surface area contributed by atoms with Crippen molar-refractivity contribution in [3.63, 3.8) is 0 Å². The first-order valence-electron chi connectivity index (χ1n) is 12.6. The Morgan fingerprint density at radius 3 is 2.00 bits per heavy atom. The Labute approximate surface area is 197 Å². The summed E-state index contributed by atoms with van der Waals surface area (Å²) in [4.78, 5) is 25.1. The zero-order valence-electron chi connectivity index (χ0n) is 19.5. The molecule has 33 heavy (non-hydrogen) atoms. The summed E-state index contributed by atoms with van der Waals surface area (Å²) in [6.07, 6.45) is 10.7.